The fraction of sp³-hybridized carbons (Fsp3) is 0. The molecule has 4 aromatic rings. The van der Waals surface area contributed by atoms with Crippen LogP contribution >= 0.6 is 0 Å². The van der Waals surface area contributed by atoms with E-state index in [0.29, 0.717) is 5.89 Å². The number of hydrogen-bond donors (Lipinski definition) is 1. The molecule has 0 aliphatic heterocycles. The van der Waals surface area contributed by atoms with Gasteiger partial charge in [-0.1, -0.05) is 54.6 Å². The molecule has 0 aliphatic rings. The Kier molecular flexibility index (Phi) is 4.66. The van der Waals surface area contributed by atoms with Gasteiger partial charge in [-0.3, -0.25) is 0 Å². The first-order chi connectivity index (χ1) is 13.3. The Labute approximate surface area is 156 Å². The van der Waals surface area contributed by atoms with Crippen molar-refractivity contribution in [2.75, 3.05) is 5.01 Å². The number of aromatic hydroxyl groups is 1. The smallest absolute Gasteiger partial charge is 0.312 e. The van der Waals surface area contributed by atoms with E-state index in [9.17, 15) is 5.11 Å². The van der Waals surface area contributed by atoms with Crippen LogP contribution in [0.3, 0.4) is 0 Å². The number of oxazole rings is 1. The highest BCUT2D eigenvalue weighted by molar-refractivity contribution is 5.82. The van der Waals surface area contributed by atoms with Gasteiger partial charge in [-0.15, -0.1) is 0 Å². The Morgan fingerprint density at radius 1 is 0.778 bits per heavy atom. The topological polar surface area (TPSA) is 61.9 Å². The van der Waals surface area contributed by atoms with Crippen LogP contribution in [0.2, 0.25) is 0 Å². The molecule has 4 rings (SSSR count). The third kappa shape index (κ3) is 3.72. The Balaban J connectivity index is 1.68. The number of hydrazone groups is 1. The molecule has 0 unspecified atom stereocenters. The van der Waals surface area contributed by atoms with Crippen molar-refractivity contribution in [3.8, 4) is 17.4 Å². The van der Waals surface area contributed by atoms with E-state index in [1.54, 1.807) is 5.01 Å². The Hall–Kier alpha value is -3.86. The van der Waals surface area contributed by atoms with Gasteiger partial charge >= 0.3 is 5.95 Å². The average Bonchev–Trinajstić information content (AvgIpc) is 3.11. The molecule has 0 radical (unpaired) electrons. The summed E-state index contributed by atoms with van der Waals surface area (Å²) in [6.45, 7) is 0. The van der Waals surface area contributed by atoms with E-state index < -0.39 is 0 Å². The molecule has 0 spiro atoms. The number of benzene rings is 3. The maximum atomic E-state index is 10.1. The third-order valence-electron chi connectivity index (χ3n) is 3.95. The van der Waals surface area contributed by atoms with Crippen LogP contribution in [0.5, 0.6) is 5.95 Å². The lowest BCUT2D eigenvalue weighted by Gasteiger charge is -2.18. The van der Waals surface area contributed by atoms with Gasteiger partial charge in [-0.2, -0.15) is 5.10 Å². The van der Waals surface area contributed by atoms with Crippen LogP contribution < -0.4 is 5.01 Å². The Bertz CT molecular complexity index is 990. The van der Waals surface area contributed by atoms with E-state index in [1.165, 1.54) is 6.21 Å². The van der Waals surface area contributed by atoms with Crippen molar-refractivity contribution in [3.63, 3.8) is 0 Å². The van der Waals surface area contributed by atoms with Crippen molar-refractivity contribution in [2.45, 2.75) is 0 Å². The molecule has 3 aromatic carbocycles. The number of rotatable bonds is 5. The summed E-state index contributed by atoms with van der Waals surface area (Å²) in [4.78, 5) is 4.35. The molecule has 0 saturated heterocycles. The molecule has 0 amide bonds. The van der Waals surface area contributed by atoms with Gasteiger partial charge in [0.2, 0.25) is 5.89 Å². The monoisotopic (exact) mass is 355 g/mol. The van der Waals surface area contributed by atoms with Crippen LogP contribution in [-0.4, -0.2) is 16.3 Å². The fourth-order valence-corrected chi connectivity index (χ4v) is 2.65. The first kappa shape index (κ1) is 16.6. The van der Waals surface area contributed by atoms with E-state index in [-0.39, 0.29) is 11.6 Å². The summed E-state index contributed by atoms with van der Waals surface area (Å²) in [6.07, 6.45) is 1.49. The van der Waals surface area contributed by atoms with Gasteiger partial charge in [0.05, 0.1) is 17.6 Å². The normalized spacial score (nSPS) is 11.0. The van der Waals surface area contributed by atoms with E-state index in [1.807, 2.05) is 91.0 Å². The number of aromatic nitrogens is 1. The van der Waals surface area contributed by atoms with Crippen molar-refractivity contribution in [1.29, 1.82) is 0 Å². The molecule has 132 valence electrons. The lowest BCUT2D eigenvalue weighted by atomic mass is 10.2. The second kappa shape index (κ2) is 7.58. The van der Waals surface area contributed by atoms with E-state index >= 15 is 0 Å². The van der Waals surface area contributed by atoms with Crippen LogP contribution in [0.25, 0.3) is 11.5 Å². The van der Waals surface area contributed by atoms with Crippen LogP contribution in [0, 0.1) is 0 Å². The molecular formula is C22H17N3O2. The van der Waals surface area contributed by atoms with Gasteiger partial charge in [0.1, 0.15) is 0 Å². The van der Waals surface area contributed by atoms with E-state index in [4.69, 9.17) is 4.42 Å². The van der Waals surface area contributed by atoms with Gasteiger partial charge in [0.15, 0.2) is 5.69 Å². The second-order valence-electron chi connectivity index (χ2n) is 5.80. The minimum atomic E-state index is -0.265. The Morgan fingerprint density at radius 3 is 1.85 bits per heavy atom. The van der Waals surface area contributed by atoms with Crippen molar-refractivity contribution in [1.82, 2.24) is 4.98 Å². The predicted octanol–water partition coefficient (Wildman–Crippen LogP) is 5.22. The molecule has 5 heteroatoms. The molecule has 0 atom stereocenters. The largest absolute Gasteiger partial charge is 0.479 e. The van der Waals surface area contributed by atoms with Crippen LogP contribution in [0.15, 0.2) is 101 Å². The molecule has 27 heavy (non-hydrogen) atoms. The number of hydrogen-bond acceptors (Lipinski definition) is 5. The first-order valence-electron chi connectivity index (χ1n) is 8.51. The summed E-state index contributed by atoms with van der Waals surface area (Å²) in [5.74, 6) is 0.0826. The van der Waals surface area contributed by atoms with Gasteiger partial charge in [0, 0.05) is 5.56 Å². The highest BCUT2D eigenvalue weighted by Crippen LogP contribution is 2.27. The van der Waals surface area contributed by atoms with Crippen LogP contribution in [0.4, 0.5) is 11.4 Å². The summed E-state index contributed by atoms with van der Waals surface area (Å²) in [5, 5.41) is 16.4. The van der Waals surface area contributed by atoms with E-state index in [0.717, 1.165) is 16.9 Å². The molecule has 5 nitrogen and oxygen atoms in total. The number of anilines is 2. The quantitative estimate of drug-likeness (QED) is 0.394. The third-order valence-corrected chi connectivity index (χ3v) is 3.95. The summed E-state index contributed by atoms with van der Waals surface area (Å²) in [7, 11) is 0. The predicted molar refractivity (Wildman–Crippen MR) is 106 cm³/mol. The molecule has 0 bridgehead atoms. The second-order valence-corrected chi connectivity index (χ2v) is 5.80. The maximum absolute atomic E-state index is 10.1. The standard InChI is InChI=1S/C22H17N3O2/c26-22-20(24-21(27-22)17-10-4-1-5-11-17)16-23-25(18-12-6-2-7-13-18)19-14-8-3-9-15-19/h1-16,26H. The number of para-hydroxylation sites is 2. The van der Waals surface area contributed by atoms with Crippen molar-refractivity contribution in [3.05, 3.63) is 96.7 Å². The summed E-state index contributed by atoms with van der Waals surface area (Å²) in [6, 6.07) is 28.9. The minimum Gasteiger partial charge on any atom is -0.479 e. The number of nitrogens with zero attached hydrogens (tertiary/aromatic N) is 3. The fourth-order valence-electron chi connectivity index (χ4n) is 2.65. The summed E-state index contributed by atoms with van der Waals surface area (Å²) in [5.41, 5.74) is 2.85. The minimum absolute atomic E-state index is 0.265. The molecule has 1 aromatic heterocycles. The highest BCUT2D eigenvalue weighted by atomic mass is 16.5. The van der Waals surface area contributed by atoms with Crippen molar-refractivity contribution >= 4 is 17.6 Å². The zero-order valence-electron chi connectivity index (χ0n) is 14.4. The lowest BCUT2D eigenvalue weighted by molar-refractivity contribution is 0.337. The van der Waals surface area contributed by atoms with Crippen LogP contribution in [0.1, 0.15) is 5.69 Å². The molecule has 1 heterocycles. The zero-order valence-corrected chi connectivity index (χ0v) is 14.4. The lowest BCUT2D eigenvalue weighted by Crippen LogP contribution is -2.09. The molecule has 1 N–H and O–H groups in total. The van der Waals surface area contributed by atoms with Crippen molar-refractivity contribution in [2.24, 2.45) is 5.10 Å². The maximum Gasteiger partial charge on any atom is 0.312 e. The SMILES string of the molecule is Oc1oc(-c2ccccc2)nc1C=NN(c1ccccc1)c1ccccc1. The van der Waals surface area contributed by atoms with Gasteiger partial charge in [-0.05, 0) is 36.4 Å². The van der Waals surface area contributed by atoms with Crippen molar-refractivity contribution < 1.29 is 9.52 Å². The summed E-state index contributed by atoms with van der Waals surface area (Å²) >= 11 is 0. The van der Waals surface area contributed by atoms with Crippen LogP contribution in [-0.2, 0) is 0 Å². The molecule has 0 saturated carbocycles. The average molecular weight is 355 g/mol. The van der Waals surface area contributed by atoms with Gasteiger partial charge in [-0.25, -0.2) is 9.99 Å². The first-order valence-corrected chi connectivity index (χ1v) is 8.51. The molecular weight excluding hydrogens is 338 g/mol. The van der Waals surface area contributed by atoms with Gasteiger partial charge in [0.25, 0.3) is 0 Å². The molecule has 0 fully saturated rings. The molecule has 0 aliphatic carbocycles. The highest BCUT2D eigenvalue weighted by Gasteiger charge is 2.13. The zero-order chi connectivity index (χ0) is 18.5. The Morgan fingerprint density at radius 2 is 1.30 bits per heavy atom. The summed E-state index contributed by atoms with van der Waals surface area (Å²) < 4.78 is 5.38. The van der Waals surface area contributed by atoms with Gasteiger partial charge < -0.3 is 9.52 Å². The van der Waals surface area contributed by atoms with E-state index in [2.05, 4.69) is 10.1 Å².